The first-order chi connectivity index (χ1) is 8.08. The van der Waals surface area contributed by atoms with Gasteiger partial charge in [-0.3, -0.25) is 9.48 Å². The molecule has 2 heterocycles. The number of rotatable bonds is 3. The van der Waals surface area contributed by atoms with Gasteiger partial charge in [-0.15, -0.1) is 0 Å². The fourth-order valence-electron chi connectivity index (χ4n) is 2.19. The van der Waals surface area contributed by atoms with E-state index >= 15 is 0 Å². The molecule has 0 N–H and O–H groups in total. The van der Waals surface area contributed by atoms with Gasteiger partial charge >= 0.3 is 0 Å². The van der Waals surface area contributed by atoms with Crippen molar-refractivity contribution in [2.45, 2.75) is 31.8 Å². The number of nitrogens with zero attached hydrogens (tertiary/aromatic N) is 2. The van der Waals surface area contributed by atoms with Crippen molar-refractivity contribution in [3.8, 4) is 5.75 Å². The maximum Gasteiger partial charge on any atom is 0.216 e. The summed E-state index contributed by atoms with van der Waals surface area (Å²) in [6.07, 6.45) is 4.34. The van der Waals surface area contributed by atoms with Crippen molar-refractivity contribution in [2.75, 3.05) is 13.7 Å². The zero-order chi connectivity index (χ0) is 12.5. The molecule has 0 amide bonds. The van der Waals surface area contributed by atoms with E-state index in [1.54, 1.807) is 17.9 Å². The lowest BCUT2D eigenvalue weighted by Gasteiger charge is -2.32. The summed E-state index contributed by atoms with van der Waals surface area (Å²) in [5.74, 6) is 0.460. The number of hydrogen-bond donors (Lipinski definition) is 0. The van der Waals surface area contributed by atoms with E-state index in [-0.39, 0.29) is 5.78 Å². The van der Waals surface area contributed by atoms with Crippen LogP contribution in [0.15, 0.2) is 6.20 Å². The molecule has 2 rings (SSSR count). The van der Waals surface area contributed by atoms with E-state index in [1.165, 1.54) is 7.11 Å². The zero-order valence-electron chi connectivity index (χ0n) is 10.5. The number of carbonyl (C=O) groups is 1. The zero-order valence-corrected chi connectivity index (χ0v) is 10.5. The van der Waals surface area contributed by atoms with Gasteiger partial charge in [-0.05, 0) is 26.2 Å². The van der Waals surface area contributed by atoms with Crippen molar-refractivity contribution in [3.63, 3.8) is 0 Å². The van der Waals surface area contributed by atoms with E-state index in [0.29, 0.717) is 18.1 Å². The number of methoxy groups -OCH3 is 1. The predicted octanol–water partition coefficient (Wildman–Crippen LogP) is 1.57. The second-order valence-corrected chi connectivity index (χ2v) is 4.55. The highest BCUT2D eigenvalue weighted by Gasteiger charge is 2.39. The van der Waals surface area contributed by atoms with Crippen LogP contribution in [0.4, 0.5) is 0 Å². The lowest BCUT2D eigenvalue weighted by atomic mass is 9.89. The molecule has 1 aromatic rings. The highest BCUT2D eigenvalue weighted by atomic mass is 16.5. The highest BCUT2D eigenvalue weighted by Crippen LogP contribution is 2.31. The second kappa shape index (κ2) is 4.49. The molecule has 0 saturated carbocycles. The molecule has 1 saturated heterocycles. The van der Waals surface area contributed by atoms with E-state index in [2.05, 4.69) is 5.10 Å². The van der Waals surface area contributed by atoms with Gasteiger partial charge < -0.3 is 9.47 Å². The fourth-order valence-corrected chi connectivity index (χ4v) is 2.19. The molecule has 1 unspecified atom stereocenters. The van der Waals surface area contributed by atoms with Crippen LogP contribution in [0.5, 0.6) is 5.75 Å². The van der Waals surface area contributed by atoms with Gasteiger partial charge in [0.15, 0.2) is 5.75 Å². The molecule has 5 heteroatoms. The third-order valence-electron chi connectivity index (χ3n) is 3.29. The standard InChI is InChI=1S/C12H18N2O3/c1-12(6-4-5-7-17-12)11(15)10-9(16-3)8-13-14(10)2/h8H,4-7H2,1-3H3. The minimum atomic E-state index is -0.737. The van der Waals surface area contributed by atoms with Crippen LogP contribution in [0.3, 0.4) is 0 Å². The van der Waals surface area contributed by atoms with Gasteiger partial charge in [0.1, 0.15) is 11.3 Å². The molecular weight excluding hydrogens is 220 g/mol. The summed E-state index contributed by atoms with van der Waals surface area (Å²) < 4.78 is 12.4. The Kier molecular flexibility index (Phi) is 3.19. The third-order valence-corrected chi connectivity index (χ3v) is 3.29. The quantitative estimate of drug-likeness (QED) is 0.750. The Labute approximate surface area is 101 Å². The van der Waals surface area contributed by atoms with Crippen molar-refractivity contribution < 1.29 is 14.3 Å². The van der Waals surface area contributed by atoms with Crippen molar-refractivity contribution in [3.05, 3.63) is 11.9 Å². The maximum absolute atomic E-state index is 12.5. The molecule has 1 aliphatic heterocycles. The number of aromatic nitrogens is 2. The van der Waals surface area contributed by atoms with Crippen LogP contribution in [0, 0.1) is 0 Å². The van der Waals surface area contributed by atoms with Crippen LogP contribution in [0.25, 0.3) is 0 Å². The van der Waals surface area contributed by atoms with Gasteiger partial charge in [-0.25, -0.2) is 0 Å². The molecule has 1 aromatic heterocycles. The van der Waals surface area contributed by atoms with Crippen molar-refractivity contribution in [2.24, 2.45) is 7.05 Å². The van der Waals surface area contributed by atoms with Gasteiger partial charge in [0.25, 0.3) is 0 Å². The Hall–Kier alpha value is -1.36. The summed E-state index contributed by atoms with van der Waals surface area (Å²) in [5, 5.41) is 4.05. The Bertz CT molecular complexity index is 419. The molecule has 0 radical (unpaired) electrons. The summed E-state index contributed by atoms with van der Waals surface area (Å²) in [6.45, 7) is 2.49. The number of carbonyl (C=O) groups excluding carboxylic acids is 1. The summed E-state index contributed by atoms with van der Waals surface area (Å²) in [5.41, 5.74) is -0.254. The van der Waals surface area contributed by atoms with E-state index in [9.17, 15) is 4.79 Å². The molecule has 1 aliphatic rings. The lowest BCUT2D eigenvalue weighted by molar-refractivity contribution is -0.0432. The Morgan fingerprint density at radius 2 is 2.35 bits per heavy atom. The SMILES string of the molecule is COc1cnn(C)c1C(=O)C1(C)CCCCO1. The van der Waals surface area contributed by atoms with Gasteiger partial charge in [-0.1, -0.05) is 0 Å². The molecule has 0 aromatic carbocycles. The molecule has 5 nitrogen and oxygen atoms in total. The van der Waals surface area contributed by atoms with Crippen molar-refractivity contribution >= 4 is 5.78 Å². The molecule has 0 spiro atoms. The minimum Gasteiger partial charge on any atom is -0.493 e. The lowest BCUT2D eigenvalue weighted by Crippen LogP contribution is -2.42. The number of aryl methyl sites for hydroxylation is 1. The molecule has 1 atom stereocenters. The van der Waals surface area contributed by atoms with Gasteiger partial charge in [0, 0.05) is 13.7 Å². The molecule has 1 fully saturated rings. The van der Waals surface area contributed by atoms with Crippen LogP contribution >= 0.6 is 0 Å². The van der Waals surface area contributed by atoms with E-state index in [4.69, 9.17) is 9.47 Å². The first-order valence-corrected chi connectivity index (χ1v) is 5.83. The Balaban J connectivity index is 2.32. The number of ketones is 1. The third kappa shape index (κ3) is 2.07. The smallest absolute Gasteiger partial charge is 0.216 e. The Morgan fingerprint density at radius 3 is 2.94 bits per heavy atom. The second-order valence-electron chi connectivity index (χ2n) is 4.55. The average Bonchev–Trinajstić information content (AvgIpc) is 2.70. The predicted molar refractivity (Wildman–Crippen MR) is 62.3 cm³/mol. The van der Waals surface area contributed by atoms with Crippen LogP contribution in [-0.2, 0) is 11.8 Å². The molecule has 17 heavy (non-hydrogen) atoms. The van der Waals surface area contributed by atoms with E-state index in [1.807, 2.05) is 6.92 Å². The normalized spacial score (nSPS) is 24.6. The number of ether oxygens (including phenoxy) is 2. The summed E-state index contributed by atoms with van der Waals surface area (Å²) in [4.78, 5) is 12.5. The molecular formula is C12H18N2O3. The van der Waals surface area contributed by atoms with E-state index < -0.39 is 5.60 Å². The van der Waals surface area contributed by atoms with Crippen LogP contribution in [0.1, 0.15) is 36.7 Å². The maximum atomic E-state index is 12.5. The van der Waals surface area contributed by atoms with Crippen LogP contribution in [0.2, 0.25) is 0 Å². The average molecular weight is 238 g/mol. The van der Waals surface area contributed by atoms with Crippen LogP contribution in [-0.4, -0.2) is 34.9 Å². The summed E-state index contributed by atoms with van der Waals surface area (Å²) >= 11 is 0. The molecule has 0 aliphatic carbocycles. The summed E-state index contributed by atoms with van der Waals surface area (Å²) in [7, 11) is 3.28. The molecule has 0 bridgehead atoms. The fraction of sp³-hybridized carbons (Fsp3) is 0.667. The van der Waals surface area contributed by atoms with Gasteiger partial charge in [0.05, 0.1) is 13.3 Å². The number of hydrogen-bond acceptors (Lipinski definition) is 4. The first kappa shape index (κ1) is 12.1. The van der Waals surface area contributed by atoms with E-state index in [0.717, 1.165) is 19.3 Å². The monoisotopic (exact) mass is 238 g/mol. The molecule has 94 valence electrons. The topological polar surface area (TPSA) is 53.4 Å². The Morgan fingerprint density at radius 1 is 1.59 bits per heavy atom. The van der Waals surface area contributed by atoms with Gasteiger partial charge in [-0.2, -0.15) is 5.10 Å². The minimum absolute atomic E-state index is 0.0472. The summed E-state index contributed by atoms with van der Waals surface area (Å²) in [6, 6.07) is 0. The number of Topliss-reactive ketones (excluding diaryl/α,β-unsaturated/α-hetero) is 1. The van der Waals surface area contributed by atoms with Crippen molar-refractivity contribution in [1.29, 1.82) is 0 Å². The largest absolute Gasteiger partial charge is 0.493 e. The highest BCUT2D eigenvalue weighted by molar-refractivity contribution is 6.03. The van der Waals surface area contributed by atoms with Crippen LogP contribution < -0.4 is 4.74 Å². The van der Waals surface area contributed by atoms with Gasteiger partial charge in [0.2, 0.25) is 5.78 Å². The van der Waals surface area contributed by atoms with Crippen molar-refractivity contribution in [1.82, 2.24) is 9.78 Å². The first-order valence-electron chi connectivity index (χ1n) is 5.83.